The largest absolute Gasteiger partial charge is 0.0648 e. The molecule has 0 aliphatic heterocycles. The molecule has 0 bridgehead atoms. The van der Waals surface area contributed by atoms with E-state index >= 15 is 0 Å². The van der Waals surface area contributed by atoms with Crippen LogP contribution in [0.25, 0.3) is 43.1 Å². The second-order valence-corrected chi connectivity index (χ2v) is 7.44. The van der Waals surface area contributed by atoms with E-state index in [1.54, 1.807) is 0 Å². The average molecular weight is 334 g/mol. The number of benzene rings is 5. The monoisotopic (exact) mass is 334 g/mol. The van der Waals surface area contributed by atoms with Crippen molar-refractivity contribution in [2.75, 3.05) is 0 Å². The zero-order valence-corrected chi connectivity index (χ0v) is 15.3. The van der Waals surface area contributed by atoms with Gasteiger partial charge >= 0.3 is 0 Å². The van der Waals surface area contributed by atoms with Crippen molar-refractivity contribution in [1.29, 1.82) is 0 Å². The summed E-state index contributed by atoms with van der Waals surface area (Å²) in [5.41, 5.74) is 1.46. The van der Waals surface area contributed by atoms with Crippen molar-refractivity contribution in [1.82, 2.24) is 0 Å². The normalized spacial score (nSPS) is 13.0. The van der Waals surface area contributed by atoms with Crippen LogP contribution in [0.3, 0.4) is 0 Å². The van der Waals surface area contributed by atoms with Gasteiger partial charge in [0.1, 0.15) is 0 Å². The molecule has 5 rings (SSSR count). The molecule has 0 heterocycles. The lowest BCUT2D eigenvalue weighted by atomic mass is 9.90. The Labute approximate surface area is 154 Å². The highest BCUT2D eigenvalue weighted by molar-refractivity contribution is 6.15. The number of fused-ring (bicyclic) bond motifs is 5. The fourth-order valence-corrected chi connectivity index (χ4v) is 4.20. The summed E-state index contributed by atoms with van der Waals surface area (Å²) in [6, 6.07) is 29.3. The molecule has 0 aliphatic rings. The van der Waals surface area contributed by atoms with Gasteiger partial charge in [0.2, 0.25) is 0 Å². The van der Waals surface area contributed by atoms with Gasteiger partial charge in [0.05, 0.1) is 0 Å². The molecule has 0 amide bonds. The molecule has 0 N–H and O–H groups in total. The Kier molecular flexibility index (Phi) is 3.46. The molecule has 26 heavy (non-hydrogen) atoms. The average Bonchev–Trinajstić information content (AvgIpc) is 2.69. The lowest BCUT2D eigenvalue weighted by Gasteiger charge is -2.14. The maximum Gasteiger partial charge on any atom is -0.00987 e. The van der Waals surface area contributed by atoms with E-state index < -0.39 is 0 Å². The maximum absolute atomic E-state index is 2.42. The van der Waals surface area contributed by atoms with Gasteiger partial charge in [-0.15, -0.1) is 0 Å². The third-order valence-electron chi connectivity index (χ3n) is 5.88. The summed E-state index contributed by atoms with van der Waals surface area (Å²) in [7, 11) is 0. The highest BCUT2D eigenvalue weighted by Crippen LogP contribution is 2.35. The third kappa shape index (κ3) is 2.29. The van der Waals surface area contributed by atoms with Gasteiger partial charge in [-0.05, 0) is 85.3 Å². The Bertz CT molecular complexity index is 1280. The summed E-state index contributed by atoms with van der Waals surface area (Å²) in [6.07, 6.45) is 1.16. The standard InChI is InChI=1S/C26H22/c1-3-17(2)23-10-6-9-20-14-22-12-11-21-13-18-7-4-5-8-19(18)15-24(21)26(22)16-25(20)23/h4-17H,3H2,1-2H3. The van der Waals surface area contributed by atoms with Crippen LogP contribution in [-0.4, -0.2) is 0 Å². The smallest absolute Gasteiger partial charge is 0.00987 e. The molecule has 0 saturated carbocycles. The lowest BCUT2D eigenvalue weighted by Crippen LogP contribution is -1.93. The van der Waals surface area contributed by atoms with Crippen LogP contribution < -0.4 is 0 Å². The zero-order chi connectivity index (χ0) is 17.7. The molecule has 0 spiro atoms. The minimum atomic E-state index is 0.576. The van der Waals surface area contributed by atoms with Crippen LogP contribution in [0.1, 0.15) is 31.7 Å². The van der Waals surface area contributed by atoms with Gasteiger partial charge in [0, 0.05) is 0 Å². The van der Waals surface area contributed by atoms with Crippen molar-refractivity contribution < 1.29 is 0 Å². The number of hydrogen-bond donors (Lipinski definition) is 0. The molecule has 0 radical (unpaired) electrons. The van der Waals surface area contributed by atoms with Gasteiger partial charge in [0.25, 0.3) is 0 Å². The molecular formula is C26H22. The Morgan fingerprint density at radius 2 is 1.15 bits per heavy atom. The SMILES string of the molecule is CCC(C)c1cccc2cc3ccc4cc5ccccc5cc4c3cc12. The van der Waals surface area contributed by atoms with Gasteiger partial charge in [-0.25, -0.2) is 0 Å². The van der Waals surface area contributed by atoms with Crippen molar-refractivity contribution in [2.24, 2.45) is 0 Å². The minimum absolute atomic E-state index is 0.576. The Morgan fingerprint density at radius 1 is 0.577 bits per heavy atom. The molecule has 1 atom stereocenters. The van der Waals surface area contributed by atoms with Crippen molar-refractivity contribution in [3.05, 3.63) is 84.4 Å². The van der Waals surface area contributed by atoms with Gasteiger partial charge < -0.3 is 0 Å². The summed E-state index contributed by atoms with van der Waals surface area (Å²) in [6.45, 7) is 4.60. The van der Waals surface area contributed by atoms with Gasteiger partial charge in [-0.1, -0.05) is 68.4 Å². The van der Waals surface area contributed by atoms with Crippen molar-refractivity contribution in [2.45, 2.75) is 26.2 Å². The quantitative estimate of drug-likeness (QED) is 0.228. The van der Waals surface area contributed by atoms with Crippen LogP contribution in [0, 0.1) is 0 Å². The van der Waals surface area contributed by atoms with Crippen LogP contribution in [0.15, 0.2) is 78.9 Å². The van der Waals surface area contributed by atoms with Gasteiger partial charge in [0.15, 0.2) is 0 Å². The van der Waals surface area contributed by atoms with Crippen LogP contribution in [0.5, 0.6) is 0 Å². The predicted molar refractivity (Wildman–Crippen MR) is 115 cm³/mol. The fourth-order valence-electron chi connectivity index (χ4n) is 4.20. The lowest BCUT2D eigenvalue weighted by molar-refractivity contribution is 0.740. The predicted octanol–water partition coefficient (Wildman–Crippen LogP) is 7.81. The van der Waals surface area contributed by atoms with Crippen molar-refractivity contribution >= 4 is 43.1 Å². The molecule has 5 aromatic rings. The molecular weight excluding hydrogens is 312 g/mol. The molecule has 5 aromatic carbocycles. The second kappa shape index (κ2) is 5.85. The molecule has 0 aliphatic carbocycles. The Hall–Kier alpha value is -2.86. The first kappa shape index (κ1) is 15.4. The second-order valence-electron chi connectivity index (χ2n) is 7.44. The van der Waals surface area contributed by atoms with Crippen LogP contribution in [-0.2, 0) is 0 Å². The van der Waals surface area contributed by atoms with E-state index in [1.807, 2.05) is 0 Å². The van der Waals surface area contributed by atoms with Crippen molar-refractivity contribution in [3.8, 4) is 0 Å². The highest BCUT2D eigenvalue weighted by Gasteiger charge is 2.10. The van der Waals surface area contributed by atoms with Gasteiger partial charge in [-0.3, -0.25) is 0 Å². The molecule has 126 valence electrons. The molecule has 1 unspecified atom stereocenters. The van der Waals surface area contributed by atoms with E-state index in [1.165, 1.54) is 48.7 Å². The van der Waals surface area contributed by atoms with Crippen LogP contribution >= 0.6 is 0 Å². The number of hydrogen-bond acceptors (Lipinski definition) is 0. The summed E-state index contributed by atoms with van der Waals surface area (Å²) in [4.78, 5) is 0. The minimum Gasteiger partial charge on any atom is -0.0648 e. The fraction of sp³-hybridized carbons (Fsp3) is 0.154. The molecule has 0 heteroatoms. The van der Waals surface area contributed by atoms with Crippen LogP contribution in [0.4, 0.5) is 0 Å². The summed E-state index contributed by atoms with van der Waals surface area (Å²) < 4.78 is 0. The number of rotatable bonds is 2. The van der Waals surface area contributed by atoms with E-state index in [4.69, 9.17) is 0 Å². The molecule has 0 nitrogen and oxygen atoms in total. The van der Waals surface area contributed by atoms with Crippen LogP contribution in [0.2, 0.25) is 0 Å². The zero-order valence-electron chi connectivity index (χ0n) is 15.3. The topological polar surface area (TPSA) is 0 Å². The van der Waals surface area contributed by atoms with Crippen molar-refractivity contribution in [3.63, 3.8) is 0 Å². The molecule has 0 aromatic heterocycles. The molecule has 0 saturated heterocycles. The summed E-state index contributed by atoms with van der Waals surface area (Å²) in [5.74, 6) is 0.576. The summed E-state index contributed by atoms with van der Waals surface area (Å²) in [5, 5.41) is 10.7. The summed E-state index contributed by atoms with van der Waals surface area (Å²) >= 11 is 0. The van der Waals surface area contributed by atoms with E-state index in [9.17, 15) is 0 Å². The maximum atomic E-state index is 2.42. The van der Waals surface area contributed by atoms with E-state index in [-0.39, 0.29) is 0 Å². The third-order valence-corrected chi connectivity index (χ3v) is 5.88. The Morgan fingerprint density at radius 3 is 1.88 bits per heavy atom. The van der Waals surface area contributed by atoms with E-state index in [0.29, 0.717) is 5.92 Å². The highest BCUT2D eigenvalue weighted by atomic mass is 14.1. The Balaban J connectivity index is 1.92. The first-order valence-electron chi connectivity index (χ1n) is 9.52. The van der Waals surface area contributed by atoms with E-state index in [0.717, 1.165) is 6.42 Å². The molecule has 0 fully saturated rings. The first-order chi connectivity index (χ1) is 12.7. The van der Waals surface area contributed by atoms with E-state index in [2.05, 4.69) is 92.7 Å². The first-order valence-corrected chi connectivity index (χ1v) is 9.52. The van der Waals surface area contributed by atoms with Gasteiger partial charge in [-0.2, -0.15) is 0 Å².